The Morgan fingerprint density at radius 3 is 2.21 bits per heavy atom. The lowest BCUT2D eigenvalue weighted by atomic mass is 9.48. The summed E-state index contributed by atoms with van der Waals surface area (Å²) in [5.41, 5.74) is 2.12. The van der Waals surface area contributed by atoms with Crippen LogP contribution in [0.5, 0.6) is 11.5 Å². The van der Waals surface area contributed by atoms with E-state index >= 15 is 0 Å². The summed E-state index contributed by atoms with van der Waals surface area (Å²) in [5, 5.41) is 2.39. The molecule has 3 aromatic carbocycles. The molecule has 0 unspecified atom stereocenters. The highest BCUT2D eigenvalue weighted by molar-refractivity contribution is 5.96. The lowest BCUT2D eigenvalue weighted by Gasteiger charge is -2.56. The van der Waals surface area contributed by atoms with Crippen LogP contribution in [-0.4, -0.2) is 19.0 Å². The molecule has 0 radical (unpaired) electrons. The molecule has 0 aromatic heterocycles. The molecule has 0 amide bonds. The standard InChI is InChI=1S/C30H30O3/c1-32-23-9-6-22(7-10-23)26-27-24-5-3-2-4-21(24)8-11-25(27)33-28(26)29(31)30-15-18-12-19(16-30)14-20(13-18)17-30/h2-11,18-20,26,28H,12-17H2,1H3/t18?,19?,20?,26-,28-,30?/m1/s1. The van der Waals surface area contributed by atoms with E-state index in [4.69, 9.17) is 9.47 Å². The first-order valence-electron chi connectivity index (χ1n) is 12.5. The van der Waals surface area contributed by atoms with Crippen LogP contribution in [0.25, 0.3) is 10.8 Å². The van der Waals surface area contributed by atoms with Crippen molar-refractivity contribution in [1.82, 2.24) is 0 Å². The van der Waals surface area contributed by atoms with Gasteiger partial charge in [0.1, 0.15) is 11.5 Å². The third-order valence-electron chi connectivity index (χ3n) is 9.09. The minimum atomic E-state index is -0.449. The second-order valence-corrected chi connectivity index (χ2v) is 11.0. The van der Waals surface area contributed by atoms with Gasteiger partial charge in [-0.3, -0.25) is 4.79 Å². The molecule has 0 N–H and O–H groups in total. The predicted molar refractivity (Wildman–Crippen MR) is 129 cm³/mol. The number of methoxy groups -OCH3 is 1. The highest BCUT2D eigenvalue weighted by atomic mass is 16.5. The highest BCUT2D eigenvalue weighted by Crippen LogP contribution is 2.62. The van der Waals surface area contributed by atoms with Crippen molar-refractivity contribution >= 4 is 16.6 Å². The van der Waals surface area contributed by atoms with Crippen molar-refractivity contribution in [1.29, 1.82) is 0 Å². The summed E-state index contributed by atoms with van der Waals surface area (Å²) < 4.78 is 12.0. The van der Waals surface area contributed by atoms with Crippen molar-refractivity contribution in [3.63, 3.8) is 0 Å². The Labute approximate surface area is 195 Å². The van der Waals surface area contributed by atoms with Crippen LogP contribution in [-0.2, 0) is 4.79 Å². The molecule has 3 nitrogen and oxygen atoms in total. The molecule has 8 rings (SSSR count). The van der Waals surface area contributed by atoms with Crippen LogP contribution >= 0.6 is 0 Å². The van der Waals surface area contributed by atoms with Crippen LogP contribution in [0.2, 0.25) is 0 Å². The van der Waals surface area contributed by atoms with Gasteiger partial charge in [0.25, 0.3) is 0 Å². The van der Waals surface area contributed by atoms with Gasteiger partial charge in [-0.15, -0.1) is 0 Å². The first-order valence-corrected chi connectivity index (χ1v) is 12.5. The number of ketones is 1. The number of Topliss-reactive ketones (excluding diaryl/α,β-unsaturated/α-hetero) is 1. The number of hydrogen-bond acceptors (Lipinski definition) is 3. The van der Waals surface area contributed by atoms with Crippen LogP contribution < -0.4 is 9.47 Å². The molecule has 4 fully saturated rings. The minimum absolute atomic E-state index is 0.0856. The predicted octanol–water partition coefficient (Wildman–Crippen LogP) is 6.53. The zero-order chi connectivity index (χ0) is 22.2. The van der Waals surface area contributed by atoms with E-state index in [1.807, 2.05) is 12.1 Å². The van der Waals surface area contributed by atoms with Crippen molar-refractivity contribution in [3.05, 3.63) is 71.8 Å². The number of hydrogen-bond donors (Lipinski definition) is 0. The number of rotatable bonds is 4. The van der Waals surface area contributed by atoms with Crippen LogP contribution in [0.15, 0.2) is 60.7 Å². The summed E-state index contributed by atoms with van der Waals surface area (Å²) in [6, 6.07) is 20.9. The van der Waals surface area contributed by atoms with E-state index in [-0.39, 0.29) is 11.3 Å². The smallest absolute Gasteiger partial charge is 0.180 e. The van der Waals surface area contributed by atoms with Gasteiger partial charge in [-0.05, 0) is 90.8 Å². The van der Waals surface area contributed by atoms with Gasteiger partial charge >= 0.3 is 0 Å². The molecule has 168 valence electrons. The molecule has 2 atom stereocenters. The molecule has 5 aliphatic rings. The molecule has 33 heavy (non-hydrogen) atoms. The first-order chi connectivity index (χ1) is 16.1. The van der Waals surface area contributed by atoms with E-state index in [1.54, 1.807) is 7.11 Å². The normalized spacial score (nSPS) is 33.7. The fourth-order valence-electron chi connectivity index (χ4n) is 8.13. The first kappa shape index (κ1) is 19.6. The van der Waals surface area contributed by atoms with E-state index in [0.717, 1.165) is 54.1 Å². The van der Waals surface area contributed by atoms with Crippen molar-refractivity contribution in [3.8, 4) is 11.5 Å². The number of carbonyl (C=O) groups is 1. The van der Waals surface area contributed by atoms with E-state index in [0.29, 0.717) is 5.78 Å². The molecule has 3 aromatic rings. The topological polar surface area (TPSA) is 35.5 Å². The molecule has 4 aliphatic carbocycles. The van der Waals surface area contributed by atoms with Gasteiger partial charge in [0, 0.05) is 11.0 Å². The molecule has 0 spiro atoms. The Kier molecular flexibility index (Phi) is 4.22. The minimum Gasteiger partial charge on any atom is -0.497 e. The Balaban J connectivity index is 1.35. The summed E-state index contributed by atoms with van der Waals surface area (Å²) in [7, 11) is 1.69. The number of carbonyl (C=O) groups excluding carboxylic acids is 1. The molecule has 4 saturated carbocycles. The molecular weight excluding hydrogens is 408 g/mol. The summed E-state index contributed by atoms with van der Waals surface area (Å²) in [5.74, 6) is 4.20. The monoisotopic (exact) mass is 438 g/mol. The summed E-state index contributed by atoms with van der Waals surface area (Å²) in [6.45, 7) is 0. The Hall–Kier alpha value is -2.81. The van der Waals surface area contributed by atoms with Crippen molar-refractivity contribution in [2.24, 2.45) is 23.2 Å². The van der Waals surface area contributed by atoms with E-state index < -0.39 is 6.10 Å². The summed E-state index contributed by atoms with van der Waals surface area (Å²) >= 11 is 0. The number of ether oxygens (including phenoxy) is 2. The van der Waals surface area contributed by atoms with Crippen molar-refractivity contribution in [2.75, 3.05) is 7.11 Å². The number of fused-ring (bicyclic) bond motifs is 3. The number of benzene rings is 3. The lowest BCUT2D eigenvalue weighted by molar-refractivity contribution is -0.151. The second kappa shape index (κ2) is 7.09. The highest BCUT2D eigenvalue weighted by Gasteiger charge is 2.58. The molecular formula is C30H30O3. The van der Waals surface area contributed by atoms with Crippen molar-refractivity contribution in [2.45, 2.75) is 50.5 Å². The maximum Gasteiger partial charge on any atom is 0.180 e. The zero-order valence-electron chi connectivity index (χ0n) is 19.1. The van der Waals surface area contributed by atoms with E-state index in [2.05, 4.69) is 48.5 Å². The molecule has 0 saturated heterocycles. The maximum absolute atomic E-state index is 14.5. The van der Waals surface area contributed by atoms with Gasteiger partial charge in [-0.2, -0.15) is 0 Å². The van der Waals surface area contributed by atoms with E-state index in [9.17, 15) is 4.79 Å². The molecule has 1 heterocycles. The second-order valence-electron chi connectivity index (χ2n) is 11.0. The summed E-state index contributed by atoms with van der Waals surface area (Å²) in [6.07, 6.45) is 6.79. The molecule has 4 bridgehead atoms. The Morgan fingerprint density at radius 2 is 1.55 bits per heavy atom. The van der Waals surface area contributed by atoms with Crippen LogP contribution in [0.4, 0.5) is 0 Å². The quantitative estimate of drug-likeness (QED) is 0.465. The Morgan fingerprint density at radius 1 is 0.879 bits per heavy atom. The van der Waals surface area contributed by atoms with Gasteiger partial charge in [0.2, 0.25) is 0 Å². The van der Waals surface area contributed by atoms with Crippen LogP contribution in [0.1, 0.15) is 55.6 Å². The third-order valence-corrected chi connectivity index (χ3v) is 9.09. The van der Waals surface area contributed by atoms with Crippen molar-refractivity contribution < 1.29 is 14.3 Å². The zero-order valence-corrected chi connectivity index (χ0v) is 19.1. The SMILES string of the molecule is COc1ccc([C@@H]2c3c(ccc4ccccc34)O[C@H]2C(=O)C23CC4CC(CC(C4)C2)C3)cc1. The van der Waals surface area contributed by atoms with Gasteiger partial charge < -0.3 is 9.47 Å². The molecule has 1 aliphatic heterocycles. The lowest BCUT2D eigenvalue weighted by Crippen LogP contribution is -2.54. The average Bonchev–Trinajstić information content (AvgIpc) is 3.23. The third kappa shape index (κ3) is 2.90. The fraction of sp³-hybridized carbons (Fsp3) is 0.433. The van der Waals surface area contributed by atoms with Crippen LogP contribution in [0.3, 0.4) is 0 Å². The van der Waals surface area contributed by atoms with Gasteiger partial charge in [0.05, 0.1) is 13.0 Å². The van der Waals surface area contributed by atoms with Gasteiger partial charge in [0.15, 0.2) is 11.9 Å². The largest absolute Gasteiger partial charge is 0.497 e. The summed E-state index contributed by atoms with van der Waals surface area (Å²) in [4.78, 5) is 14.5. The average molecular weight is 439 g/mol. The van der Waals surface area contributed by atoms with E-state index in [1.165, 1.54) is 35.6 Å². The Bertz CT molecular complexity index is 1210. The maximum atomic E-state index is 14.5. The molecule has 3 heteroatoms. The van der Waals surface area contributed by atoms with Gasteiger partial charge in [-0.1, -0.05) is 42.5 Å². The fourth-order valence-corrected chi connectivity index (χ4v) is 8.13. The van der Waals surface area contributed by atoms with Gasteiger partial charge in [-0.25, -0.2) is 0 Å². The van der Waals surface area contributed by atoms with Crippen LogP contribution in [0, 0.1) is 23.2 Å².